The summed E-state index contributed by atoms with van der Waals surface area (Å²) in [5.41, 5.74) is 1.92. The van der Waals surface area contributed by atoms with Crippen LogP contribution in [0, 0.1) is 0 Å². The summed E-state index contributed by atoms with van der Waals surface area (Å²) in [5, 5.41) is 5.24. The van der Waals surface area contributed by atoms with Crippen LogP contribution in [0.5, 0.6) is 11.5 Å². The molecule has 148 valence electrons. The van der Waals surface area contributed by atoms with Gasteiger partial charge >= 0.3 is 0 Å². The molecule has 9 heteroatoms. The average Bonchev–Trinajstić information content (AvgIpc) is 3.36. The molecule has 4 rings (SSSR count). The number of hydrogen-bond donors (Lipinski definition) is 1. The zero-order valence-electron chi connectivity index (χ0n) is 15.0. The highest BCUT2D eigenvalue weighted by Gasteiger charge is 2.17. The number of nitrogens with one attached hydrogen (secondary N) is 1. The Balaban J connectivity index is 1.29. The molecule has 0 unspecified atom stereocenters. The number of halogens is 1. The van der Waals surface area contributed by atoms with Gasteiger partial charge in [0.2, 0.25) is 12.7 Å². The largest absolute Gasteiger partial charge is 0.454 e. The van der Waals surface area contributed by atoms with Crippen LogP contribution in [-0.4, -0.2) is 29.2 Å². The van der Waals surface area contributed by atoms with Crippen molar-refractivity contribution in [1.29, 1.82) is 0 Å². The lowest BCUT2D eigenvalue weighted by atomic mass is 10.1. The molecule has 1 aliphatic rings. The third-order valence-electron chi connectivity index (χ3n) is 4.02. The average molecular weight is 447 g/mol. The van der Waals surface area contributed by atoms with Gasteiger partial charge in [0.25, 0.3) is 0 Å². The molecular formula is C20H15ClN2O4S2. The highest BCUT2D eigenvalue weighted by molar-refractivity contribution is 8.01. The minimum absolute atomic E-state index is 0.0227. The van der Waals surface area contributed by atoms with Gasteiger partial charge in [-0.25, -0.2) is 4.98 Å². The Morgan fingerprint density at radius 3 is 2.76 bits per heavy atom. The molecule has 0 spiro atoms. The maximum absolute atomic E-state index is 12.4. The predicted molar refractivity (Wildman–Crippen MR) is 114 cm³/mol. The van der Waals surface area contributed by atoms with Crippen LogP contribution in [0.3, 0.4) is 0 Å². The molecule has 0 saturated carbocycles. The molecule has 0 radical (unpaired) electrons. The molecule has 3 aromatic rings. The van der Waals surface area contributed by atoms with Gasteiger partial charge in [0, 0.05) is 21.7 Å². The maximum Gasteiger partial charge on any atom is 0.231 e. The van der Waals surface area contributed by atoms with Crippen LogP contribution < -0.4 is 14.8 Å². The third-order valence-corrected chi connectivity index (χ3v) is 6.34. The number of ketones is 1. The van der Waals surface area contributed by atoms with Crippen molar-refractivity contribution >= 4 is 52.1 Å². The second-order valence-electron chi connectivity index (χ2n) is 6.12. The fourth-order valence-electron chi connectivity index (χ4n) is 2.62. The van der Waals surface area contributed by atoms with Crippen molar-refractivity contribution < 1.29 is 19.1 Å². The Labute approximate surface area is 180 Å². The predicted octanol–water partition coefficient (Wildman–Crippen LogP) is 4.68. The van der Waals surface area contributed by atoms with Crippen molar-refractivity contribution in [3.63, 3.8) is 0 Å². The van der Waals surface area contributed by atoms with Gasteiger partial charge < -0.3 is 14.8 Å². The van der Waals surface area contributed by atoms with E-state index in [-0.39, 0.29) is 30.7 Å². The van der Waals surface area contributed by atoms with Gasteiger partial charge in [0.15, 0.2) is 21.6 Å². The van der Waals surface area contributed by atoms with Gasteiger partial charge in [-0.2, -0.15) is 0 Å². The van der Waals surface area contributed by atoms with E-state index in [2.05, 4.69) is 10.3 Å². The van der Waals surface area contributed by atoms with E-state index in [0.717, 1.165) is 4.34 Å². The highest BCUT2D eigenvalue weighted by atomic mass is 35.5. The third kappa shape index (κ3) is 5.09. The zero-order valence-corrected chi connectivity index (χ0v) is 17.4. The van der Waals surface area contributed by atoms with Gasteiger partial charge in [-0.1, -0.05) is 23.4 Å². The first kappa shape index (κ1) is 19.8. The van der Waals surface area contributed by atoms with Gasteiger partial charge in [-0.3, -0.25) is 9.59 Å². The molecule has 6 nitrogen and oxygen atoms in total. The number of ether oxygens (including phenoxy) is 2. The Bertz CT molecular complexity index is 1050. The van der Waals surface area contributed by atoms with E-state index in [4.69, 9.17) is 21.1 Å². The number of carbonyl (C=O) groups is 2. The smallest absolute Gasteiger partial charge is 0.231 e. The summed E-state index contributed by atoms with van der Waals surface area (Å²) in [5.74, 6) is 1.31. The normalized spacial score (nSPS) is 12.0. The van der Waals surface area contributed by atoms with E-state index in [0.29, 0.717) is 33.5 Å². The second-order valence-corrected chi connectivity index (χ2v) is 8.63. The number of amides is 1. The highest BCUT2D eigenvalue weighted by Crippen LogP contribution is 2.33. The van der Waals surface area contributed by atoms with Crippen molar-refractivity contribution in [3.8, 4) is 11.5 Å². The van der Waals surface area contributed by atoms with E-state index >= 15 is 0 Å². The Hall–Kier alpha value is -2.55. The summed E-state index contributed by atoms with van der Waals surface area (Å²) in [6.45, 7) is 0.176. The minimum Gasteiger partial charge on any atom is -0.454 e. The van der Waals surface area contributed by atoms with Crippen LogP contribution in [0.25, 0.3) is 0 Å². The number of nitrogens with zero attached hydrogens (tertiary/aromatic N) is 1. The minimum atomic E-state index is -0.161. The van der Waals surface area contributed by atoms with Crippen LogP contribution in [0.4, 0.5) is 5.69 Å². The first-order valence-electron chi connectivity index (χ1n) is 8.62. The van der Waals surface area contributed by atoms with Crippen LogP contribution >= 0.6 is 34.7 Å². The van der Waals surface area contributed by atoms with E-state index in [1.54, 1.807) is 42.5 Å². The fourth-order valence-corrected chi connectivity index (χ4v) is 4.48. The first-order valence-corrected chi connectivity index (χ1v) is 10.9. The number of anilines is 1. The molecule has 29 heavy (non-hydrogen) atoms. The molecule has 1 N–H and O–H groups in total. The molecular weight excluding hydrogens is 432 g/mol. The maximum atomic E-state index is 12.4. The van der Waals surface area contributed by atoms with Crippen molar-refractivity contribution in [2.75, 3.05) is 17.9 Å². The van der Waals surface area contributed by atoms with Gasteiger partial charge in [-0.05, 0) is 42.5 Å². The SMILES string of the molecule is O=C(Cc1csc(SCC(=O)c2ccc3c(c2)OCO3)n1)Nc1ccc(Cl)cc1. The number of benzene rings is 2. The molecule has 0 fully saturated rings. The second kappa shape index (κ2) is 8.86. The summed E-state index contributed by atoms with van der Waals surface area (Å²) < 4.78 is 11.3. The standard InChI is InChI=1S/C20H15ClN2O4S2/c21-13-2-4-14(5-3-13)22-19(25)8-15-9-28-20(23-15)29-10-16(24)12-1-6-17-18(7-12)27-11-26-17/h1-7,9H,8,10-11H2,(H,22,25). The molecule has 0 aliphatic carbocycles. The number of Topliss-reactive ketones (excluding diaryl/α,β-unsaturated/α-hetero) is 1. The van der Waals surface area contributed by atoms with Crippen LogP contribution in [0.2, 0.25) is 5.02 Å². The summed E-state index contributed by atoms with van der Waals surface area (Å²) >= 11 is 8.60. The Morgan fingerprint density at radius 2 is 1.93 bits per heavy atom. The lowest BCUT2D eigenvalue weighted by molar-refractivity contribution is -0.115. The molecule has 0 saturated heterocycles. The molecule has 0 atom stereocenters. The lowest BCUT2D eigenvalue weighted by Crippen LogP contribution is -2.14. The van der Waals surface area contributed by atoms with E-state index in [1.807, 2.05) is 5.38 Å². The monoisotopic (exact) mass is 446 g/mol. The van der Waals surface area contributed by atoms with E-state index in [9.17, 15) is 9.59 Å². The van der Waals surface area contributed by atoms with E-state index in [1.165, 1.54) is 23.1 Å². The number of fused-ring (bicyclic) bond motifs is 1. The number of thioether (sulfide) groups is 1. The molecule has 2 heterocycles. The summed E-state index contributed by atoms with van der Waals surface area (Å²) in [6.07, 6.45) is 0.162. The van der Waals surface area contributed by atoms with Crippen molar-refractivity contribution in [2.24, 2.45) is 0 Å². The van der Waals surface area contributed by atoms with Gasteiger partial charge in [-0.15, -0.1) is 11.3 Å². The summed E-state index contributed by atoms with van der Waals surface area (Å²) in [6, 6.07) is 12.1. The molecule has 1 amide bonds. The molecule has 2 aromatic carbocycles. The zero-order chi connectivity index (χ0) is 20.2. The van der Waals surface area contributed by atoms with E-state index < -0.39 is 0 Å². The lowest BCUT2D eigenvalue weighted by Gasteiger charge is -2.03. The molecule has 1 aromatic heterocycles. The Morgan fingerprint density at radius 1 is 1.14 bits per heavy atom. The summed E-state index contributed by atoms with van der Waals surface area (Å²) in [4.78, 5) is 29.0. The van der Waals surface area contributed by atoms with Crippen LogP contribution in [0.1, 0.15) is 16.1 Å². The molecule has 0 bridgehead atoms. The van der Waals surface area contributed by atoms with Gasteiger partial charge in [0.1, 0.15) is 0 Å². The topological polar surface area (TPSA) is 77.5 Å². The van der Waals surface area contributed by atoms with Crippen LogP contribution in [0.15, 0.2) is 52.2 Å². The number of carbonyl (C=O) groups excluding carboxylic acids is 2. The van der Waals surface area contributed by atoms with Crippen molar-refractivity contribution in [1.82, 2.24) is 4.98 Å². The fraction of sp³-hybridized carbons (Fsp3) is 0.150. The number of thiazole rings is 1. The van der Waals surface area contributed by atoms with Crippen molar-refractivity contribution in [2.45, 2.75) is 10.8 Å². The number of rotatable bonds is 7. The van der Waals surface area contributed by atoms with Crippen molar-refractivity contribution in [3.05, 3.63) is 64.1 Å². The quantitative estimate of drug-likeness (QED) is 0.419. The number of hydrogen-bond acceptors (Lipinski definition) is 7. The Kier molecular flexibility index (Phi) is 6.03. The van der Waals surface area contributed by atoms with Crippen LogP contribution in [-0.2, 0) is 11.2 Å². The number of aromatic nitrogens is 1. The summed E-state index contributed by atoms with van der Waals surface area (Å²) in [7, 11) is 0. The molecule has 1 aliphatic heterocycles. The first-order chi connectivity index (χ1) is 14.1. The van der Waals surface area contributed by atoms with Gasteiger partial charge in [0.05, 0.1) is 17.9 Å².